The second kappa shape index (κ2) is 13.4. The van der Waals surface area contributed by atoms with Crippen LogP contribution in [0, 0.1) is 0 Å². The molecule has 0 radical (unpaired) electrons. The number of methoxy groups -OCH3 is 2. The molecule has 0 unspecified atom stereocenters. The molecular formula is C30H33ClN2O5. The van der Waals surface area contributed by atoms with Crippen LogP contribution in [-0.2, 0) is 27.3 Å². The third kappa shape index (κ3) is 7.57. The molecule has 200 valence electrons. The van der Waals surface area contributed by atoms with Gasteiger partial charge in [0.05, 0.1) is 38.9 Å². The highest BCUT2D eigenvalue weighted by molar-refractivity contribution is 6.30. The lowest BCUT2D eigenvalue weighted by atomic mass is 10.1. The lowest BCUT2D eigenvalue weighted by molar-refractivity contribution is -0.132. The van der Waals surface area contributed by atoms with Crippen molar-refractivity contribution in [2.45, 2.75) is 19.1 Å². The molecule has 38 heavy (non-hydrogen) atoms. The van der Waals surface area contributed by atoms with Gasteiger partial charge in [0.15, 0.2) is 0 Å². The molecule has 0 N–H and O–H groups in total. The predicted octanol–water partition coefficient (Wildman–Crippen LogP) is 4.78. The lowest BCUT2D eigenvalue weighted by Gasteiger charge is -2.36. The zero-order chi connectivity index (χ0) is 26.9. The van der Waals surface area contributed by atoms with Crippen molar-refractivity contribution in [1.29, 1.82) is 0 Å². The highest BCUT2D eigenvalue weighted by atomic mass is 35.5. The summed E-state index contributed by atoms with van der Waals surface area (Å²) in [4.78, 5) is 28.9. The van der Waals surface area contributed by atoms with Gasteiger partial charge in [-0.25, -0.2) is 4.79 Å². The third-order valence-electron chi connectivity index (χ3n) is 6.71. The van der Waals surface area contributed by atoms with Gasteiger partial charge in [-0.3, -0.25) is 9.69 Å². The highest BCUT2D eigenvalue weighted by Crippen LogP contribution is 2.24. The number of ether oxygens (including phenoxy) is 3. The molecule has 0 aromatic heterocycles. The van der Waals surface area contributed by atoms with Gasteiger partial charge in [0, 0.05) is 37.7 Å². The third-order valence-corrected chi connectivity index (χ3v) is 6.96. The zero-order valence-corrected chi connectivity index (χ0v) is 22.5. The van der Waals surface area contributed by atoms with E-state index in [-0.39, 0.29) is 18.0 Å². The number of esters is 1. The van der Waals surface area contributed by atoms with Gasteiger partial charge in [-0.1, -0.05) is 48.0 Å². The summed E-state index contributed by atoms with van der Waals surface area (Å²) in [6.07, 6.45) is 0.189. The van der Waals surface area contributed by atoms with Crippen LogP contribution in [0.3, 0.4) is 0 Å². The van der Waals surface area contributed by atoms with Gasteiger partial charge in [0.1, 0.15) is 5.75 Å². The van der Waals surface area contributed by atoms with Gasteiger partial charge in [-0.05, 0) is 53.1 Å². The van der Waals surface area contributed by atoms with E-state index in [1.165, 1.54) is 7.11 Å². The maximum Gasteiger partial charge on any atom is 0.337 e. The number of hydrogen-bond acceptors (Lipinski definition) is 6. The first-order valence-electron chi connectivity index (χ1n) is 12.6. The lowest BCUT2D eigenvalue weighted by Crippen LogP contribution is -2.50. The molecule has 1 aliphatic rings. The van der Waals surface area contributed by atoms with Crippen LogP contribution in [0.15, 0.2) is 72.8 Å². The van der Waals surface area contributed by atoms with E-state index in [0.29, 0.717) is 43.2 Å². The number of benzene rings is 3. The molecule has 0 spiro atoms. The Kier molecular flexibility index (Phi) is 9.76. The minimum atomic E-state index is -0.363. The standard InChI is InChI=1S/C30H33ClN2O5/c1-36-27-5-3-4-23(18-27)19-29(34)33-16-14-32(15-17-33)20-28(24-10-12-26(31)13-11-24)38-21-22-6-8-25(9-7-22)30(35)37-2/h3-13,18,28H,14-17,19-21H2,1-2H3/t28-/m1/s1. The van der Waals surface area contributed by atoms with Gasteiger partial charge < -0.3 is 19.1 Å². The smallest absolute Gasteiger partial charge is 0.337 e. The average molecular weight is 537 g/mol. The Morgan fingerprint density at radius 2 is 1.61 bits per heavy atom. The summed E-state index contributed by atoms with van der Waals surface area (Å²) in [5.74, 6) is 0.518. The molecule has 1 atom stereocenters. The van der Waals surface area contributed by atoms with Crippen molar-refractivity contribution >= 4 is 23.5 Å². The molecule has 1 heterocycles. The Bertz CT molecular complexity index is 1210. The fourth-order valence-electron chi connectivity index (χ4n) is 4.47. The van der Waals surface area contributed by atoms with Crippen LogP contribution in [0.1, 0.15) is 33.2 Å². The monoisotopic (exact) mass is 536 g/mol. The largest absolute Gasteiger partial charge is 0.497 e. The number of piperazine rings is 1. The van der Waals surface area contributed by atoms with Crippen LogP contribution in [0.5, 0.6) is 5.75 Å². The first kappa shape index (κ1) is 27.6. The summed E-state index contributed by atoms with van der Waals surface area (Å²) >= 11 is 6.12. The quantitative estimate of drug-likeness (QED) is 0.347. The molecule has 1 aliphatic heterocycles. The Hall–Kier alpha value is -3.39. The number of rotatable bonds is 10. The molecule has 0 bridgehead atoms. The first-order chi connectivity index (χ1) is 18.4. The van der Waals surface area contributed by atoms with E-state index in [9.17, 15) is 9.59 Å². The SMILES string of the molecule is COC(=O)c1ccc(CO[C@H](CN2CCN(C(=O)Cc3cccc(OC)c3)CC2)c2ccc(Cl)cc2)cc1. The molecule has 1 amide bonds. The fraction of sp³-hybridized carbons (Fsp3) is 0.333. The van der Waals surface area contributed by atoms with E-state index < -0.39 is 0 Å². The highest BCUT2D eigenvalue weighted by Gasteiger charge is 2.24. The molecule has 1 fully saturated rings. The number of hydrogen-bond donors (Lipinski definition) is 0. The maximum absolute atomic E-state index is 12.9. The molecule has 3 aromatic carbocycles. The van der Waals surface area contributed by atoms with Gasteiger partial charge in [-0.15, -0.1) is 0 Å². The Morgan fingerprint density at radius 1 is 0.895 bits per heavy atom. The zero-order valence-electron chi connectivity index (χ0n) is 21.8. The summed E-state index contributed by atoms with van der Waals surface area (Å²) in [5.41, 5.74) is 3.46. The van der Waals surface area contributed by atoms with Crippen molar-refractivity contribution in [1.82, 2.24) is 9.80 Å². The van der Waals surface area contributed by atoms with E-state index in [1.807, 2.05) is 65.6 Å². The molecule has 4 rings (SSSR count). The Labute approximate surface area is 228 Å². The van der Waals surface area contributed by atoms with Gasteiger partial charge >= 0.3 is 5.97 Å². The van der Waals surface area contributed by atoms with E-state index >= 15 is 0 Å². The Balaban J connectivity index is 1.34. The van der Waals surface area contributed by atoms with Gasteiger partial charge in [-0.2, -0.15) is 0 Å². The molecule has 7 nitrogen and oxygen atoms in total. The van der Waals surface area contributed by atoms with Crippen LogP contribution < -0.4 is 4.74 Å². The van der Waals surface area contributed by atoms with Crippen LogP contribution >= 0.6 is 11.6 Å². The van der Waals surface area contributed by atoms with Crippen LogP contribution in [-0.4, -0.2) is 68.6 Å². The summed E-state index contributed by atoms with van der Waals surface area (Å²) in [7, 11) is 2.99. The van der Waals surface area contributed by atoms with Crippen molar-refractivity contribution in [2.24, 2.45) is 0 Å². The molecule has 8 heteroatoms. The molecule has 1 saturated heterocycles. The van der Waals surface area contributed by atoms with Crippen LogP contribution in [0.2, 0.25) is 5.02 Å². The maximum atomic E-state index is 12.9. The number of halogens is 1. The van der Waals surface area contributed by atoms with Gasteiger partial charge in [0.25, 0.3) is 0 Å². The summed E-state index contributed by atoms with van der Waals surface area (Å²) in [6.45, 7) is 3.97. The normalized spacial score (nSPS) is 14.7. The van der Waals surface area contributed by atoms with E-state index in [1.54, 1.807) is 19.2 Å². The predicted molar refractivity (Wildman–Crippen MR) is 146 cm³/mol. The van der Waals surface area contributed by atoms with Crippen LogP contribution in [0.25, 0.3) is 0 Å². The number of nitrogens with zero attached hydrogens (tertiary/aromatic N) is 2. The minimum Gasteiger partial charge on any atom is -0.497 e. The average Bonchev–Trinajstić information content (AvgIpc) is 2.96. The summed E-state index contributed by atoms with van der Waals surface area (Å²) < 4.78 is 16.4. The second-order valence-corrected chi connectivity index (χ2v) is 9.69. The first-order valence-corrected chi connectivity index (χ1v) is 13.0. The van der Waals surface area contributed by atoms with Crippen molar-refractivity contribution in [3.8, 4) is 5.75 Å². The number of carbonyl (C=O) groups excluding carboxylic acids is 2. The molecule has 3 aromatic rings. The summed E-state index contributed by atoms with van der Waals surface area (Å²) in [5, 5.41) is 0.675. The van der Waals surface area contributed by atoms with Gasteiger partial charge in [0.2, 0.25) is 5.91 Å². The summed E-state index contributed by atoms with van der Waals surface area (Å²) in [6, 6.07) is 22.6. The van der Waals surface area contributed by atoms with Crippen molar-refractivity contribution in [3.05, 3.63) is 100 Å². The van der Waals surface area contributed by atoms with E-state index in [4.69, 9.17) is 25.8 Å². The van der Waals surface area contributed by atoms with E-state index in [0.717, 1.165) is 35.5 Å². The molecular weight excluding hydrogens is 504 g/mol. The van der Waals surface area contributed by atoms with Crippen molar-refractivity contribution in [2.75, 3.05) is 46.9 Å². The van der Waals surface area contributed by atoms with Crippen molar-refractivity contribution in [3.63, 3.8) is 0 Å². The Morgan fingerprint density at radius 3 is 2.26 bits per heavy atom. The number of amides is 1. The van der Waals surface area contributed by atoms with Crippen molar-refractivity contribution < 1.29 is 23.8 Å². The topological polar surface area (TPSA) is 68.3 Å². The fourth-order valence-corrected chi connectivity index (χ4v) is 4.59. The molecule has 0 saturated carbocycles. The van der Waals surface area contributed by atoms with Crippen LogP contribution in [0.4, 0.5) is 0 Å². The number of carbonyl (C=O) groups is 2. The second-order valence-electron chi connectivity index (χ2n) is 9.25. The minimum absolute atomic E-state index is 0.124. The molecule has 0 aliphatic carbocycles. The van der Waals surface area contributed by atoms with E-state index in [2.05, 4.69) is 4.90 Å².